The average Bonchev–Trinajstić information content (AvgIpc) is 2.30. The van der Waals surface area contributed by atoms with Crippen LogP contribution in [0.25, 0.3) is 0 Å². The van der Waals surface area contributed by atoms with E-state index in [1.807, 2.05) is 0 Å². The van der Waals surface area contributed by atoms with Crippen LogP contribution < -0.4 is 5.32 Å². The number of aliphatic hydroxyl groups is 1. The molecule has 2 atom stereocenters. The predicted octanol–water partition coefficient (Wildman–Crippen LogP) is 0.763. The van der Waals surface area contributed by atoms with Crippen molar-refractivity contribution in [3.8, 4) is 0 Å². The van der Waals surface area contributed by atoms with Crippen molar-refractivity contribution in [1.29, 1.82) is 0 Å². The number of aliphatic carboxylic acids is 1. The Morgan fingerprint density at radius 2 is 1.65 bits per heavy atom. The van der Waals surface area contributed by atoms with Gasteiger partial charge in [0, 0.05) is 12.0 Å². The Hall–Kier alpha value is -1.10. The number of hydrogen-bond acceptors (Lipinski definition) is 3. The highest BCUT2D eigenvalue weighted by molar-refractivity contribution is 5.84. The quantitative estimate of drug-likeness (QED) is 0.680. The van der Waals surface area contributed by atoms with Gasteiger partial charge >= 0.3 is 5.97 Å². The molecule has 17 heavy (non-hydrogen) atoms. The van der Waals surface area contributed by atoms with Gasteiger partial charge in [0.25, 0.3) is 0 Å². The van der Waals surface area contributed by atoms with Crippen molar-refractivity contribution >= 4 is 11.9 Å². The van der Waals surface area contributed by atoms with E-state index in [4.69, 9.17) is 5.11 Å². The number of carboxylic acids is 1. The standard InChI is InChI=1S/C12H21NO4/c1-7(8(2)12(16)17)11(15)13-9-3-5-10(14)6-4-9/h7-10,14H,3-6H2,1-2H3,(H,13,15)(H,16,17). The predicted molar refractivity (Wildman–Crippen MR) is 62.4 cm³/mol. The molecule has 5 nitrogen and oxygen atoms in total. The van der Waals surface area contributed by atoms with Gasteiger partial charge in [-0.3, -0.25) is 9.59 Å². The fraction of sp³-hybridized carbons (Fsp3) is 0.833. The molecule has 1 saturated carbocycles. The largest absolute Gasteiger partial charge is 0.481 e. The van der Waals surface area contributed by atoms with Crippen LogP contribution >= 0.6 is 0 Å². The van der Waals surface area contributed by atoms with Crippen LogP contribution in [0.5, 0.6) is 0 Å². The topological polar surface area (TPSA) is 86.6 Å². The average molecular weight is 243 g/mol. The fourth-order valence-corrected chi connectivity index (χ4v) is 1.99. The smallest absolute Gasteiger partial charge is 0.307 e. The van der Waals surface area contributed by atoms with Crippen LogP contribution in [-0.4, -0.2) is 34.2 Å². The Balaban J connectivity index is 2.41. The first kappa shape index (κ1) is 14.0. The molecule has 1 aliphatic rings. The van der Waals surface area contributed by atoms with Gasteiger partial charge in [0.2, 0.25) is 5.91 Å². The zero-order chi connectivity index (χ0) is 13.0. The number of aliphatic hydroxyl groups excluding tert-OH is 1. The monoisotopic (exact) mass is 243 g/mol. The molecule has 1 rings (SSSR count). The van der Waals surface area contributed by atoms with Gasteiger partial charge in [0.05, 0.1) is 12.0 Å². The summed E-state index contributed by atoms with van der Waals surface area (Å²) in [5.74, 6) is -2.36. The summed E-state index contributed by atoms with van der Waals surface area (Å²) in [7, 11) is 0. The van der Waals surface area contributed by atoms with Crippen LogP contribution in [0.2, 0.25) is 0 Å². The summed E-state index contributed by atoms with van der Waals surface area (Å²) >= 11 is 0. The Labute approximate surface area is 101 Å². The molecule has 5 heteroatoms. The summed E-state index contributed by atoms with van der Waals surface area (Å²) in [5, 5.41) is 21.0. The Morgan fingerprint density at radius 3 is 2.12 bits per heavy atom. The van der Waals surface area contributed by atoms with Crippen LogP contribution in [0.3, 0.4) is 0 Å². The number of amides is 1. The van der Waals surface area contributed by atoms with Crippen LogP contribution in [0.1, 0.15) is 39.5 Å². The van der Waals surface area contributed by atoms with Gasteiger partial charge in [-0.05, 0) is 25.7 Å². The summed E-state index contributed by atoms with van der Waals surface area (Å²) in [5.41, 5.74) is 0. The molecule has 3 N–H and O–H groups in total. The molecule has 0 aromatic carbocycles. The molecule has 0 bridgehead atoms. The van der Waals surface area contributed by atoms with E-state index in [1.165, 1.54) is 6.92 Å². The van der Waals surface area contributed by atoms with E-state index < -0.39 is 17.8 Å². The molecule has 0 saturated heterocycles. The Bertz CT molecular complexity index is 284. The number of carboxylic acid groups (broad SMARTS) is 1. The minimum absolute atomic E-state index is 0.0781. The molecular weight excluding hydrogens is 222 g/mol. The van der Waals surface area contributed by atoms with Gasteiger partial charge in [-0.2, -0.15) is 0 Å². The number of hydrogen-bond donors (Lipinski definition) is 3. The summed E-state index contributed by atoms with van der Waals surface area (Å²) < 4.78 is 0. The van der Waals surface area contributed by atoms with E-state index in [0.29, 0.717) is 12.8 Å². The number of carbonyl (C=O) groups excluding carboxylic acids is 1. The SMILES string of the molecule is CC(C(=O)O)C(C)C(=O)NC1CCC(O)CC1. The van der Waals surface area contributed by atoms with E-state index in [9.17, 15) is 14.7 Å². The van der Waals surface area contributed by atoms with Crippen molar-refractivity contribution in [2.75, 3.05) is 0 Å². The first-order valence-electron chi connectivity index (χ1n) is 6.13. The van der Waals surface area contributed by atoms with Crippen LogP contribution in [0, 0.1) is 11.8 Å². The zero-order valence-electron chi connectivity index (χ0n) is 10.3. The second-order valence-electron chi connectivity index (χ2n) is 4.93. The summed E-state index contributed by atoms with van der Waals surface area (Å²) in [4.78, 5) is 22.6. The number of rotatable bonds is 4. The molecular formula is C12H21NO4. The minimum atomic E-state index is -0.952. The molecule has 98 valence electrons. The molecule has 2 unspecified atom stereocenters. The molecule has 1 fully saturated rings. The zero-order valence-corrected chi connectivity index (χ0v) is 10.3. The van der Waals surface area contributed by atoms with Gasteiger partial charge in [-0.15, -0.1) is 0 Å². The van der Waals surface area contributed by atoms with Crippen molar-refractivity contribution in [3.63, 3.8) is 0 Å². The van der Waals surface area contributed by atoms with Crippen molar-refractivity contribution in [1.82, 2.24) is 5.32 Å². The summed E-state index contributed by atoms with van der Waals surface area (Å²) in [6.07, 6.45) is 2.68. The maximum atomic E-state index is 11.8. The second kappa shape index (κ2) is 6.00. The third-order valence-corrected chi connectivity index (χ3v) is 3.60. The van der Waals surface area contributed by atoms with Crippen LogP contribution in [0.15, 0.2) is 0 Å². The van der Waals surface area contributed by atoms with E-state index in [2.05, 4.69) is 5.32 Å². The molecule has 1 amide bonds. The molecule has 0 radical (unpaired) electrons. The molecule has 0 aliphatic heterocycles. The fourth-order valence-electron chi connectivity index (χ4n) is 1.99. The number of carbonyl (C=O) groups is 2. The lowest BCUT2D eigenvalue weighted by atomic mass is 9.91. The maximum absolute atomic E-state index is 11.8. The Kier molecular flexibility index (Phi) is 4.93. The van der Waals surface area contributed by atoms with Crippen molar-refractivity contribution in [3.05, 3.63) is 0 Å². The first-order valence-corrected chi connectivity index (χ1v) is 6.13. The van der Waals surface area contributed by atoms with Crippen LogP contribution in [-0.2, 0) is 9.59 Å². The first-order chi connectivity index (χ1) is 7.91. The van der Waals surface area contributed by atoms with Crippen molar-refractivity contribution in [2.24, 2.45) is 11.8 Å². The van der Waals surface area contributed by atoms with E-state index >= 15 is 0 Å². The van der Waals surface area contributed by atoms with E-state index in [-0.39, 0.29) is 18.1 Å². The van der Waals surface area contributed by atoms with Gasteiger partial charge in [0.15, 0.2) is 0 Å². The lowest BCUT2D eigenvalue weighted by molar-refractivity contribution is -0.146. The van der Waals surface area contributed by atoms with Crippen molar-refractivity contribution < 1.29 is 19.8 Å². The van der Waals surface area contributed by atoms with E-state index in [1.54, 1.807) is 6.92 Å². The molecule has 0 aromatic heterocycles. The highest BCUT2D eigenvalue weighted by atomic mass is 16.4. The van der Waals surface area contributed by atoms with Gasteiger partial charge < -0.3 is 15.5 Å². The van der Waals surface area contributed by atoms with Crippen LogP contribution in [0.4, 0.5) is 0 Å². The maximum Gasteiger partial charge on any atom is 0.307 e. The lowest BCUT2D eigenvalue weighted by Crippen LogP contribution is -2.43. The highest BCUT2D eigenvalue weighted by Gasteiger charge is 2.28. The molecule has 0 aromatic rings. The van der Waals surface area contributed by atoms with Gasteiger partial charge in [-0.1, -0.05) is 13.8 Å². The summed E-state index contributed by atoms with van der Waals surface area (Å²) in [6, 6.07) is 0.0781. The van der Waals surface area contributed by atoms with Gasteiger partial charge in [0.1, 0.15) is 0 Å². The lowest BCUT2D eigenvalue weighted by Gasteiger charge is -2.27. The highest BCUT2D eigenvalue weighted by Crippen LogP contribution is 2.19. The van der Waals surface area contributed by atoms with E-state index in [0.717, 1.165) is 12.8 Å². The second-order valence-corrected chi connectivity index (χ2v) is 4.93. The summed E-state index contributed by atoms with van der Waals surface area (Å²) in [6.45, 7) is 3.17. The molecule has 0 heterocycles. The molecule has 0 spiro atoms. The third kappa shape index (κ3) is 4.00. The Morgan fingerprint density at radius 1 is 1.12 bits per heavy atom. The van der Waals surface area contributed by atoms with Gasteiger partial charge in [-0.25, -0.2) is 0 Å². The molecule has 1 aliphatic carbocycles. The van der Waals surface area contributed by atoms with Crippen molar-refractivity contribution in [2.45, 2.75) is 51.7 Å². The number of nitrogens with one attached hydrogen (secondary N) is 1. The third-order valence-electron chi connectivity index (χ3n) is 3.60. The minimum Gasteiger partial charge on any atom is -0.481 e. The normalized spacial score (nSPS) is 28.2.